The second-order valence-electron chi connectivity index (χ2n) is 5.20. The highest BCUT2D eigenvalue weighted by Crippen LogP contribution is 2.43. The molecule has 0 spiro atoms. The normalized spacial score (nSPS) is 17.0. The Morgan fingerprint density at radius 2 is 2.16 bits per heavy atom. The molecule has 1 N–H and O–H groups in total. The van der Waals surface area contributed by atoms with Gasteiger partial charge in [-0.05, 0) is 49.9 Å². The van der Waals surface area contributed by atoms with Gasteiger partial charge in [0.05, 0.1) is 11.1 Å². The van der Waals surface area contributed by atoms with Crippen molar-refractivity contribution in [3.8, 4) is 0 Å². The fourth-order valence-corrected chi connectivity index (χ4v) is 2.81. The zero-order valence-electron chi connectivity index (χ0n) is 10.9. The topological polar surface area (TPSA) is 25.2 Å². The summed E-state index contributed by atoms with van der Waals surface area (Å²) in [5.74, 6) is 1.68. The van der Waals surface area contributed by atoms with Crippen LogP contribution in [0.2, 0.25) is 10.0 Å². The van der Waals surface area contributed by atoms with E-state index in [9.17, 15) is 0 Å². The van der Waals surface area contributed by atoms with Crippen molar-refractivity contribution in [1.29, 1.82) is 0 Å². The van der Waals surface area contributed by atoms with Gasteiger partial charge in [-0.15, -0.1) is 0 Å². The number of fused-ring (bicyclic) bond motifs is 1. The molecule has 1 heterocycles. The first-order valence-electron chi connectivity index (χ1n) is 6.81. The average molecular weight is 298 g/mol. The second-order valence-corrected chi connectivity index (χ2v) is 5.98. The molecule has 0 amide bonds. The molecule has 0 bridgehead atoms. The summed E-state index contributed by atoms with van der Waals surface area (Å²) in [4.78, 5) is 0. The zero-order valence-corrected chi connectivity index (χ0v) is 12.4. The van der Waals surface area contributed by atoms with Crippen molar-refractivity contribution in [2.24, 2.45) is 5.92 Å². The number of nitrogens with one attached hydrogen (secondary N) is 1. The van der Waals surface area contributed by atoms with E-state index in [4.69, 9.17) is 27.6 Å². The van der Waals surface area contributed by atoms with Crippen LogP contribution in [0.1, 0.15) is 38.0 Å². The van der Waals surface area contributed by atoms with Gasteiger partial charge >= 0.3 is 0 Å². The van der Waals surface area contributed by atoms with Crippen molar-refractivity contribution in [2.45, 2.75) is 32.2 Å². The van der Waals surface area contributed by atoms with Gasteiger partial charge in [-0.2, -0.15) is 0 Å². The maximum Gasteiger partial charge on any atom is 0.154 e. The molecule has 0 saturated heterocycles. The lowest BCUT2D eigenvalue weighted by Gasteiger charge is -2.14. The molecule has 1 fully saturated rings. The van der Waals surface area contributed by atoms with Crippen LogP contribution < -0.4 is 5.32 Å². The van der Waals surface area contributed by atoms with Crippen LogP contribution in [0.15, 0.2) is 22.6 Å². The molecular weight excluding hydrogens is 281 g/mol. The monoisotopic (exact) mass is 297 g/mol. The lowest BCUT2D eigenvalue weighted by molar-refractivity contribution is 0.397. The van der Waals surface area contributed by atoms with E-state index in [1.54, 1.807) is 0 Å². The summed E-state index contributed by atoms with van der Waals surface area (Å²) in [5.41, 5.74) is 0.702. The first-order valence-corrected chi connectivity index (χ1v) is 7.57. The van der Waals surface area contributed by atoms with Gasteiger partial charge < -0.3 is 9.73 Å². The molecular formula is C15H17Cl2NO. The standard InChI is InChI=1S/C15H17Cl2NO/c1-2-7-18-14(9-3-4-9)12-8-10-5-6-11(16)13(17)15(10)19-12/h5-6,8-9,14,18H,2-4,7H2,1H3. The first-order chi connectivity index (χ1) is 9.20. The van der Waals surface area contributed by atoms with Crippen molar-refractivity contribution in [2.75, 3.05) is 6.54 Å². The molecule has 2 nitrogen and oxygen atoms in total. The van der Waals surface area contributed by atoms with Crippen LogP contribution in [0.4, 0.5) is 0 Å². The number of hydrogen-bond acceptors (Lipinski definition) is 2. The molecule has 0 radical (unpaired) electrons. The number of benzene rings is 1. The summed E-state index contributed by atoms with van der Waals surface area (Å²) >= 11 is 12.2. The smallest absolute Gasteiger partial charge is 0.154 e. The Kier molecular flexibility index (Phi) is 3.75. The Morgan fingerprint density at radius 1 is 1.37 bits per heavy atom. The summed E-state index contributed by atoms with van der Waals surface area (Å²) in [6.07, 6.45) is 3.66. The fourth-order valence-electron chi connectivity index (χ4n) is 2.45. The average Bonchev–Trinajstić information content (AvgIpc) is 3.14. The predicted molar refractivity (Wildman–Crippen MR) is 80.0 cm³/mol. The third-order valence-corrected chi connectivity index (χ3v) is 4.40. The second kappa shape index (κ2) is 5.35. The molecule has 1 aliphatic carbocycles. The summed E-state index contributed by atoms with van der Waals surface area (Å²) in [6.45, 7) is 3.18. The van der Waals surface area contributed by atoms with Gasteiger partial charge in [-0.25, -0.2) is 0 Å². The Bertz CT molecular complexity index is 589. The van der Waals surface area contributed by atoms with Crippen LogP contribution in [0.5, 0.6) is 0 Å². The van der Waals surface area contributed by atoms with Gasteiger partial charge in [0.1, 0.15) is 10.8 Å². The molecule has 1 atom stereocenters. The molecule has 3 rings (SSSR count). The maximum atomic E-state index is 6.20. The predicted octanol–water partition coefficient (Wildman–Crippen LogP) is 5.19. The Labute approximate surface area is 123 Å². The molecule has 19 heavy (non-hydrogen) atoms. The van der Waals surface area contributed by atoms with Gasteiger partial charge in [0.2, 0.25) is 0 Å². The SMILES string of the molecule is CCCNC(c1cc2ccc(Cl)c(Cl)c2o1)C1CC1. The summed E-state index contributed by atoms with van der Waals surface area (Å²) in [5, 5.41) is 5.65. The fraction of sp³-hybridized carbons (Fsp3) is 0.467. The van der Waals surface area contributed by atoms with Crippen molar-refractivity contribution in [1.82, 2.24) is 5.32 Å². The zero-order chi connectivity index (χ0) is 13.4. The van der Waals surface area contributed by atoms with Crippen LogP contribution in [-0.4, -0.2) is 6.54 Å². The lowest BCUT2D eigenvalue weighted by atomic mass is 10.1. The molecule has 102 valence electrons. The Hall–Kier alpha value is -0.700. The van der Waals surface area contributed by atoms with Gasteiger partial charge in [-0.1, -0.05) is 30.1 Å². The van der Waals surface area contributed by atoms with Crippen molar-refractivity contribution < 1.29 is 4.42 Å². The van der Waals surface area contributed by atoms with Crippen LogP contribution >= 0.6 is 23.2 Å². The number of hydrogen-bond donors (Lipinski definition) is 1. The number of rotatable bonds is 5. The van der Waals surface area contributed by atoms with E-state index in [1.165, 1.54) is 12.8 Å². The van der Waals surface area contributed by atoms with E-state index in [1.807, 2.05) is 12.1 Å². The Balaban J connectivity index is 1.96. The molecule has 1 saturated carbocycles. The van der Waals surface area contributed by atoms with Crippen molar-refractivity contribution in [3.63, 3.8) is 0 Å². The summed E-state index contributed by atoms with van der Waals surface area (Å²) in [6, 6.07) is 6.17. The molecule has 4 heteroatoms. The van der Waals surface area contributed by atoms with E-state index >= 15 is 0 Å². The third kappa shape index (κ3) is 2.62. The lowest BCUT2D eigenvalue weighted by Crippen LogP contribution is -2.23. The summed E-state index contributed by atoms with van der Waals surface area (Å²) < 4.78 is 5.96. The molecule has 1 unspecified atom stereocenters. The van der Waals surface area contributed by atoms with E-state index < -0.39 is 0 Å². The number of furan rings is 1. The highest BCUT2D eigenvalue weighted by atomic mass is 35.5. The molecule has 1 aromatic heterocycles. The quantitative estimate of drug-likeness (QED) is 0.821. The molecule has 2 aromatic rings. The molecule has 1 aliphatic rings. The first kappa shape index (κ1) is 13.3. The van der Waals surface area contributed by atoms with Gasteiger partial charge in [0, 0.05) is 5.39 Å². The largest absolute Gasteiger partial charge is 0.458 e. The van der Waals surface area contributed by atoms with Crippen molar-refractivity contribution in [3.05, 3.63) is 34.0 Å². The minimum atomic E-state index is 0.308. The Morgan fingerprint density at radius 3 is 2.84 bits per heavy atom. The van der Waals surface area contributed by atoms with Crippen molar-refractivity contribution >= 4 is 34.2 Å². The maximum absolute atomic E-state index is 6.20. The van der Waals surface area contributed by atoms with E-state index in [2.05, 4.69) is 18.3 Å². The van der Waals surface area contributed by atoms with Crippen LogP contribution in [0, 0.1) is 5.92 Å². The minimum absolute atomic E-state index is 0.308. The van der Waals surface area contributed by atoms with Crippen LogP contribution in [0.3, 0.4) is 0 Å². The van der Waals surface area contributed by atoms with Crippen LogP contribution in [-0.2, 0) is 0 Å². The van der Waals surface area contributed by atoms with Gasteiger partial charge in [0.25, 0.3) is 0 Å². The van der Waals surface area contributed by atoms with E-state index in [-0.39, 0.29) is 0 Å². The highest BCUT2D eigenvalue weighted by molar-refractivity contribution is 6.44. The molecule has 1 aromatic carbocycles. The molecule has 0 aliphatic heterocycles. The van der Waals surface area contributed by atoms with Gasteiger partial charge in [-0.3, -0.25) is 0 Å². The van der Waals surface area contributed by atoms with Gasteiger partial charge in [0.15, 0.2) is 5.58 Å². The number of halogens is 2. The van der Waals surface area contributed by atoms with Crippen LogP contribution in [0.25, 0.3) is 11.0 Å². The van der Waals surface area contributed by atoms with E-state index in [0.717, 1.165) is 24.1 Å². The minimum Gasteiger partial charge on any atom is -0.458 e. The summed E-state index contributed by atoms with van der Waals surface area (Å²) in [7, 11) is 0. The third-order valence-electron chi connectivity index (χ3n) is 3.61. The highest BCUT2D eigenvalue weighted by Gasteiger charge is 2.34. The van der Waals surface area contributed by atoms with E-state index in [0.29, 0.717) is 27.6 Å².